The van der Waals surface area contributed by atoms with Gasteiger partial charge in [-0.05, 0) is 30.9 Å². The molecule has 0 radical (unpaired) electrons. The number of nitrogens with zero attached hydrogens (tertiary/aromatic N) is 4. The second kappa shape index (κ2) is 11.8. The van der Waals surface area contributed by atoms with Crippen molar-refractivity contribution in [2.24, 2.45) is 5.92 Å². The van der Waals surface area contributed by atoms with Crippen LogP contribution in [0.3, 0.4) is 0 Å². The molecule has 1 saturated heterocycles. The average Bonchev–Trinajstić information content (AvgIpc) is 2.93. The number of carbonyl (C=O) groups excluding carboxylic acids is 2. The lowest BCUT2D eigenvalue weighted by Gasteiger charge is -2.40. The number of halogens is 2. The summed E-state index contributed by atoms with van der Waals surface area (Å²) in [6.07, 6.45) is 4.77. The van der Waals surface area contributed by atoms with E-state index in [4.69, 9.17) is 9.47 Å². The summed E-state index contributed by atoms with van der Waals surface area (Å²) >= 11 is 0. The van der Waals surface area contributed by atoms with E-state index in [1.54, 1.807) is 6.07 Å². The Morgan fingerprint density at radius 1 is 1.20 bits per heavy atom. The molecule has 3 heterocycles. The lowest BCUT2D eigenvalue weighted by Crippen LogP contribution is -2.51. The first kappa shape index (κ1) is 29.2. The van der Waals surface area contributed by atoms with Crippen molar-refractivity contribution in [1.29, 1.82) is 0 Å². The van der Waals surface area contributed by atoms with Gasteiger partial charge in [-0.15, -0.1) is 0 Å². The second-order valence-electron chi connectivity index (χ2n) is 9.57. The molecule has 1 fully saturated rings. The van der Waals surface area contributed by atoms with E-state index in [0.29, 0.717) is 42.9 Å². The van der Waals surface area contributed by atoms with E-state index in [1.165, 1.54) is 29.6 Å². The van der Waals surface area contributed by atoms with Crippen LogP contribution in [0, 0.1) is 17.6 Å². The quantitative estimate of drug-likeness (QED) is 0.452. The van der Waals surface area contributed by atoms with Gasteiger partial charge in [-0.25, -0.2) is 26.3 Å². The number of aromatic nitrogens is 1. The average molecular weight is 582 g/mol. The van der Waals surface area contributed by atoms with E-state index in [0.717, 1.165) is 23.3 Å². The van der Waals surface area contributed by atoms with Gasteiger partial charge in [0, 0.05) is 38.9 Å². The van der Waals surface area contributed by atoms with Crippen LogP contribution >= 0.6 is 0 Å². The summed E-state index contributed by atoms with van der Waals surface area (Å²) in [5.74, 6) is -3.18. The molecule has 2 aliphatic heterocycles. The summed E-state index contributed by atoms with van der Waals surface area (Å²) in [5, 5.41) is 2.63. The highest BCUT2D eigenvalue weighted by atomic mass is 32.2. The minimum Gasteiger partial charge on any atom is -0.493 e. The molecule has 218 valence electrons. The Morgan fingerprint density at radius 3 is 2.38 bits per heavy atom. The first-order valence-electron chi connectivity index (χ1n) is 12.5. The van der Waals surface area contributed by atoms with Crippen LogP contribution in [0.4, 0.5) is 25.0 Å². The van der Waals surface area contributed by atoms with Gasteiger partial charge in [0.25, 0.3) is 0 Å². The highest BCUT2D eigenvalue weighted by molar-refractivity contribution is 7.88. The van der Waals surface area contributed by atoms with Crippen LogP contribution in [0.25, 0.3) is 0 Å². The SMILES string of the molecule is C=CC(=O)NCc1cc2c(cn1)CN(c1c(F)c(OC)cc(OC)c1F)C(=O)N2CC1CCN(S(C)(=O)=O)CC1.[HH]. The molecule has 1 N–H and O–H groups in total. The van der Waals surface area contributed by atoms with Crippen molar-refractivity contribution in [3.8, 4) is 11.5 Å². The van der Waals surface area contributed by atoms with E-state index in [-0.39, 0.29) is 38.5 Å². The summed E-state index contributed by atoms with van der Waals surface area (Å²) in [4.78, 5) is 32.3. The van der Waals surface area contributed by atoms with E-state index in [1.807, 2.05) is 0 Å². The zero-order chi connectivity index (χ0) is 29.2. The topological polar surface area (TPSA) is 121 Å². The Kier molecular flexibility index (Phi) is 8.59. The van der Waals surface area contributed by atoms with Crippen LogP contribution < -0.4 is 24.6 Å². The van der Waals surface area contributed by atoms with Gasteiger partial charge in [-0.2, -0.15) is 0 Å². The molecule has 1 aromatic carbocycles. The monoisotopic (exact) mass is 581 g/mol. The Labute approximate surface area is 232 Å². The molecular weight excluding hydrogens is 548 g/mol. The summed E-state index contributed by atoms with van der Waals surface area (Å²) in [6.45, 7) is 4.08. The molecule has 40 heavy (non-hydrogen) atoms. The first-order chi connectivity index (χ1) is 19.0. The number of amides is 3. The van der Waals surface area contributed by atoms with Crippen molar-refractivity contribution in [3.05, 3.63) is 53.9 Å². The molecule has 0 atom stereocenters. The standard InChI is InChI=1S/C26H31F2N5O6S.H2/c1-5-22(34)30-13-18-10-19-17(12-29-18)15-33(25-23(27)20(38-2)11-21(39-3)24(25)28)26(35)32(19)14-16-6-8-31(9-7-16)40(4,36)37;/h5,10-12,16H,1,6-9,13-15H2,2-4H3,(H,30,34);1H. The first-order valence-corrected chi connectivity index (χ1v) is 14.4. The van der Waals surface area contributed by atoms with Crippen LogP contribution in [0.15, 0.2) is 31.0 Å². The molecule has 11 nitrogen and oxygen atoms in total. The molecule has 0 saturated carbocycles. The molecule has 2 aromatic rings. The van der Waals surface area contributed by atoms with Gasteiger partial charge in [0.15, 0.2) is 23.1 Å². The van der Waals surface area contributed by atoms with Crippen molar-refractivity contribution in [3.63, 3.8) is 0 Å². The van der Waals surface area contributed by atoms with Crippen molar-refractivity contribution >= 4 is 33.3 Å². The smallest absolute Gasteiger partial charge is 0.329 e. The molecule has 4 rings (SSSR count). The van der Waals surface area contributed by atoms with Crippen molar-refractivity contribution in [1.82, 2.24) is 14.6 Å². The molecule has 0 unspecified atom stereocenters. The maximum absolute atomic E-state index is 15.4. The maximum Gasteiger partial charge on any atom is 0.329 e. The largest absolute Gasteiger partial charge is 0.493 e. The van der Waals surface area contributed by atoms with Crippen molar-refractivity contribution in [2.75, 3.05) is 49.9 Å². The third-order valence-corrected chi connectivity index (χ3v) is 8.34. The van der Waals surface area contributed by atoms with Crippen LogP contribution in [0.1, 0.15) is 25.5 Å². The molecule has 2 aliphatic rings. The molecular formula is C26H33F2N5O6S. The molecule has 3 amide bonds. The number of urea groups is 1. The van der Waals surface area contributed by atoms with Crippen LogP contribution in [-0.4, -0.2) is 69.8 Å². The fourth-order valence-electron chi connectivity index (χ4n) is 4.86. The van der Waals surface area contributed by atoms with Gasteiger partial charge in [-0.3, -0.25) is 19.6 Å². The number of sulfonamides is 1. The van der Waals surface area contributed by atoms with E-state index in [2.05, 4.69) is 16.9 Å². The number of carbonyl (C=O) groups is 2. The predicted octanol–water partition coefficient (Wildman–Crippen LogP) is 3.04. The Hall–Kier alpha value is -3.78. The van der Waals surface area contributed by atoms with Crippen LogP contribution in [0.5, 0.6) is 11.5 Å². The zero-order valence-electron chi connectivity index (χ0n) is 22.4. The lowest BCUT2D eigenvalue weighted by atomic mass is 9.96. The molecule has 14 heteroatoms. The summed E-state index contributed by atoms with van der Waals surface area (Å²) in [7, 11) is -0.901. The van der Waals surface area contributed by atoms with E-state index >= 15 is 8.78 Å². The number of piperidine rings is 1. The number of benzene rings is 1. The Balaban J connectivity index is 0.00000462. The minimum atomic E-state index is -3.34. The van der Waals surface area contributed by atoms with Crippen molar-refractivity contribution < 1.29 is 37.7 Å². The normalized spacial score (nSPS) is 16.5. The number of hydrogen-bond acceptors (Lipinski definition) is 7. The van der Waals surface area contributed by atoms with Gasteiger partial charge in [0.1, 0.15) is 5.69 Å². The van der Waals surface area contributed by atoms with Crippen LogP contribution in [-0.2, 0) is 27.9 Å². The highest BCUT2D eigenvalue weighted by Crippen LogP contribution is 2.41. The number of rotatable bonds is 9. The minimum absolute atomic E-state index is 0. The Morgan fingerprint density at radius 2 is 1.82 bits per heavy atom. The molecule has 1 aromatic heterocycles. The van der Waals surface area contributed by atoms with E-state index in [9.17, 15) is 18.0 Å². The number of methoxy groups -OCH3 is 2. The fraction of sp³-hybridized carbons (Fsp3) is 0.423. The summed E-state index contributed by atoms with van der Waals surface area (Å²) < 4.78 is 66.3. The third kappa shape index (κ3) is 5.87. The predicted molar refractivity (Wildman–Crippen MR) is 146 cm³/mol. The summed E-state index contributed by atoms with van der Waals surface area (Å²) in [5.41, 5.74) is 0.853. The van der Waals surface area contributed by atoms with Gasteiger partial charge in [-0.1, -0.05) is 6.58 Å². The van der Waals surface area contributed by atoms with Gasteiger partial charge in [0.2, 0.25) is 15.9 Å². The fourth-order valence-corrected chi connectivity index (χ4v) is 5.74. The molecule has 0 bridgehead atoms. The van der Waals surface area contributed by atoms with Gasteiger partial charge >= 0.3 is 6.03 Å². The van der Waals surface area contributed by atoms with E-state index < -0.39 is 39.3 Å². The van der Waals surface area contributed by atoms with Crippen LogP contribution in [0.2, 0.25) is 0 Å². The Bertz CT molecular complexity index is 1410. The number of fused-ring (bicyclic) bond motifs is 1. The highest BCUT2D eigenvalue weighted by Gasteiger charge is 2.38. The maximum atomic E-state index is 15.4. The van der Waals surface area contributed by atoms with Gasteiger partial charge < -0.3 is 14.8 Å². The molecule has 0 aliphatic carbocycles. The third-order valence-electron chi connectivity index (χ3n) is 7.03. The second-order valence-corrected chi connectivity index (χ2v) is 11.6. The number of anilines is 2. The lowest BCUT2D eigenvalue weighted by molar-refractivity contribution is -0.116. The summed E-state index contributed by atoms with van der Waals surface area (Å²) in [6, 6.07) is 2.03. The zero-order valence-corrected chi connectivity index (χ0v) is 23.3. The van der Waals surface area contributed by atoms with Gasteiger partial charge in [0.05, 0.1) is 44.9 Å². The number of pyridine rings is 1. The van der Waals surface area contributed by atoms with Crippen molar-refractivity contribution in [2.45, 2.75) is 25.9 Å². The molecule has 0 spiro atoms. The number of nitrogens with one attached hydrogen (secondary N) is 1. The number of ether oxygens (including phenoxy) is 2. The number of hydrogen-bond donors (Lipinski definition) is 1.